The van der Waals surface area contributed by atoms with Crippen LogP contribution in [-0.4, -0.2) is 4.98 Å². The summed E-state index contributed by atoms with van der Waals surface area (Å²) >= 11 is 7.38. The molecule has 1 aromatic carbocycles. The summed E-state index contributed by atoms with van der Waals surface area (Å²) in [5.74, 6) is 0. The van der Waals surface area contributed by atoms with E-state index >= 15 is 0 Å². The molecule has 0 amide bonds. The number of nitrogens with one attached hydrogen (secondary N) is 1. The molecule has 2 aromatic rings. The van der Waals surface area contributed by atoms with Gasteiger partial charge in [-0.05, 0) is 24.5 Å². The van der Waals surface area contributed by atoms with Crippen molar-refractivity contribution in [2.24, 2.45) is 0 Å². The largest absolute Gasteiger partial charge is 0.378 e. The Morgan fingerprint density at radius 3 is 2.88 bits per heavy atom. The smallest absolute Gasteiger partial charge is 0.113 e. The quantitative estimate of drug-likeness (QED) is 0.893. The molecule has 0 spiro atoms. The molecule has 2 nitrogen and oxygen atoms in total. The van der Waals surface area contributed by atoms with E-state index in [1.807, 2.05) is 0 Å². The number of anilines is 1. The van der Waals surface area contributed by atoms with Crippen LogP contribution in [0.25, 0.3) is 0 Å². The number of rotatable bonds is 4. The summed E-state index contributed by atoms with van der Waals surface area (Å²) in [6, 6.07) is 6.38. The number of hydrogen-bond donors (Lipinski definition) is 1. The van der Waals surface area contributed by atoms with Gasteiger partial charge in [-0.25, -0.2) is 4.98 Å². The molecule has 90 valence electrons. The lowest BCUT2D eigenvalue weighted by molar-refractivity contribution is 1.06. The average Bonchev–Trinajstić information content (AvgIpc) is 2.73. The zero-order valence-electron chi connectivity index (χ0n) is 9.96. The lowest BCUT2D eigenvalue weighted by Crippen LogP contribution is -2.03. The van der Waals surface area contributed by atoms with E-state index in [1.165, 1.54) is 28.2 Å². The molecule has 0 unspecified atom stereocenters. The fourth-order valence-electron chi connectivity index (χ4n) is 1.81. The van der Waals surface area contributed by atoms with Crippen molar-refractivity contribution in [2.75, 3.05) is 5.32 Å². The summed E-state index contributed by atoms with van der Waals surface area (Å²) in [4.78, 5) is 4.24. The van der Waals surface area contributed by atoms with Crippen molar-refractivity contribution in [3.63, 3.8) is 0 Å². The van der Waals surface area contributed by atoms with E-state index in [1.54, 1.807) is 6.20 Å². The maximum absolute atomic E-state index is 5.86. The van der Waals surface area contributed by atoms with E-state index in [9.17, 15) is 0 Å². The Hall–Kier alpha value is -1.06. The number of para-hydroxylation sites is 1. The molecule has 1 aromatic heterocycles. The molecule has 4 heteroatoms. The molecule has 0 saturated heterocycles. The Kier molecular flexibility index (Phi) is 4.02. The van der Waals surface area contributed by atoms with Crippen LogP contribution in [-0.2, 0) is 13.0 Å². The number of halogens is 1. The van der Waals surface area contributed by atoms with Crippen molar-refractivity contribution in [3.05, 3.63) is 44.9 Å². The predicted octanol–water partition coefficient (Wildman–Crippen LogP) is 4.28. The first-order valence-electron chi connectivity index (χ1n) is 5.63. The van der Waals surface area contributed by atoms with E-state index in [-0.39, 0.29) is 0 Å². The maximum Gasteiger partial charge on any atom is 0.113 e. The van der Waals surface area contributed by atoms with Crippen LogP contribution in [0.5, 0.6) is 0 Å². The summed E-state index contributed by atoms with van der Waals surface area (Å²) in [6.07, 6.45) is 2.73. The van der Waals surface area contributed by atoms with Gasteiger partial charge in [0.05, 0.1) is 12.7 Å². The number of aryl methyl sites for hydroxylation is 2. The monoisotopic (exact) mass is 266 g/mol. The second-order valence-electron chi connectivity index (χ2n) is 3.87. The lowest BCUT2D eigenvalue weighted by Gasteiger charge is -2.12. The molecule has 0 radical (unpaired) electrons. The van der Waals surface area contributed by atoms with Crippen LogP contribution < -0.4 is 5.32 Å². The lowest BCUT2D eigenvalue weighted by atomic mass is 10.1. The number of thiazole rings is 1. The normalized spacial score (nSPS) is 10.5. The van der Waals surface area contributed by atoms with Crippen molar-refractivity contribution < 1.29 is 0 Å². The van der Waals surface area contributed by atoms with Crippen LogP contribution in [0.1, 0.15) is 23.1 Å². The van der Waals surface area contributed by atoms with Gasteiger partial charge >= 0.3 is 0 Å². The van der Waals surface area contributed by atoms with Crippen LogP contribution in [0.2, 0.25) is 4.34 Å². The molecule has 2 rings (SSSR count). The minimum Gasteiger partial charge on any atom is -0.378 e. The average molecular weight is 267 g/mol. The van der Waals surface area contributed by atoms with E-state index in [4.69, 9.17) is 11.6 Å². The highest BCUT2D eigenvalue weighted by molar-refractivity contribution is 7.15. The first-order valence-corrected chi connectivity index (χ1v) is 6.82. The highest BCUT2D eigenvalue weighted by Crippen LogP contribution is 2.23. The number of aromatic nitrogens is 1. The number of hydrogen-bond acceptors (Lipinski definition) is 3. The van der Waals surface area contributed by atoms with Crippen LogP contribution in [0.4, 0.5) is 5.69 Å². The molecule has 0 bridgehead atoms. The van der Waals surface area contributed by atoms with Crippen LogP contribution in [0.3, 0.4) is 0 Å². The van der Waals surface area contributed by atoms with E-state index in [0.29, 0.717) is 0 Å². The van der Waals surface area contributed by atoms with E-state index in [2.05, 4.69) is 42.3 Å². The van der Waals surface area contributed by atoms with Crippen LogP contribution in [0.15, 0.2) is 24.4 Å². The molecule has 0 atom stereocenters. The third-order valence-corrected chi connectivity index (χ3v) is 3.80. The molecular formula is C13H15ClN2S. The van der Waals surface area contributed by atoms with Gasteiger partial charge in [0.2, 0.25) is 0 Å². The van der Waals surface area contributed by atoms with Crippen molar-refractivity contribution in [1.82, 2.24) is 4.98 Å². The minimum absolute atomic E-state index is 0.731. The third kappa shape index (κ3) is 2.99. The molecule has 0 fully saturated rings. The minimum atomic E-state index is 0.731. The molecule has 0 aliphatic carbocycles. The zero-order valence-corrected chi connectivity index (χ0v) is 11.5. The first-order chi connectivity index (χ1) is 8.20. The summed E-state index contributed by atoms with van der Waals surface area (Å²) in [5, 5.41) is 4.47. The van der Waals surface area contributed by atoms with Gasteiger partial charge < -0.3 is 5.32 Å². The summed E-state index contributed by atoms with van der Waals surface area (Å²) in [5.41, 5.74) is 3.83. The predicted molar refractivity (Wildman–Crippen MR) is 75.0 cm³/mol. The Morgan fingerprint density at radius 1 is 1.41 bits per heavy atom. The van der Waals surface area contributed by atoms with Crippen molar-refractivity contribution in [3.8, 4) is 0 Å². The fourth-order valence-corrected chi connectivity index (χ4v) is 2.71. The van der Waals surface area contributed by atoms with Crippen LogP contribution in [0, 0.1) is 6.92 Å². The molecule has 1 N–H and O–H groups in total. The SMILES string of the molecule is CCc1cccc(C)c1NCc1ncc(Cl)s1. The topological polar surface area (TPSA) is 24.9 Å². The maximum atomic E-state index is 5.86. The highest BCUT2D eigenvalue weighted by atomic mass is 35.5. The van der Waals surface area contributed by atoms with Crippen molar-refractivity contribution in [1.29, 1.82) is 0 Å². The van der Waals surface area contributed by atoms with Gasteiger partial charge in [0.15, 0.2) is 0 Å². The Labute approximate surface area is 111 Å². The number of benzene rings is 1. The van der Waals surface area contributed by atoms with Gasteiger partial charge in [0.25, 0.3) is 0 Å². The molecule has 0 aliphatic rings. The van der Waals surface area contributed by atoms with Crippen molar-refractivity contribution in [2.45, 2.75) is 26.8 Å². The van der Waals surface area contributed by atoms with Crippen molar-refractivity contribution >= 4 is 28.6 Å². The van der Waals surface area contributed by atoms with E-state index < -0.39 is 0 Å². The van der Waals surface area contributed by atoms with Gasteiger partial charge in [-0.2, -0.15) is 0 Å². The second kappa shape index (κ2) is 5.52. The molecule has 0 aliphatic heterocycles. The molecule has 1 heterocycles. The Balaban J connectivity index is 2.13. The number of nitrogens with zero attached hydrogens (tertiary/aromatic N) is 1. The standard InChI is InChI=1S/C13H15ClN2S/c1-3-10-6-4-5-9(2)13(10)16-8-12-15-7-11(14)17-12/h4-7,16H,3,8H2,1-2H3. The fraction of sp³-hybridized carbons (Fsp3) is 0.308. The second-order valence-corrected chi connectivity index (χ2v) is 5.62. The molecule has 0 saturated carbocycles. The molecule has 17 heavy (non-hydrogen) atoms. The van der Waals surface area contributed by atoms with Gasteiger partial charge in [-0.3, -0.25) is 0 Å². The summed E-state index contributed by atoms with van der Waals surface area (Å²) < 4.78 is 0.738. The van der Waals surface area contributed by atoms with Crippen LogP contribution >= 0.6 is 22.9 Å². The highest BCUT2D eigenvalue weighted by Gasteiger charge is 2.05. The zero-order chi connectivity index (χ0) is 12.3. The Bertz CT molecular complexity index is 508. The summed E-state index contributed by atoms with van der Waals surface area (Å²) in [7, 11) is 0. The van der Waals surface area contributed by atoms with Gasteiger partial charge in [-0.15, -0.1) is 11.3 Å². The van der Waals surface area contributed by atoms with Gasteiger partial charge in [0.1, 0.15) is 9.34 Å². The first kappa shape index (κ1) is 12.4. The summed E-state index contributed by atoms with van der Waals surface area (Å²) in [6.45, 7) is 5.02. The van der Waals surface area contributed by atoms with E-state index in [0.717, 1.165) is 22.3 Å². The molecular weight excluding hydrogens is 252 g/mol. The Morgan fingerprint density at radius 2 is 2.24 bits per heavy atom. The third-order valence-electron chi connectivity index (χ3n) is 2.68. The van der Waals surface area contributed by atoms with Gasteiger partial charge in [-0.1, -0.05) is 36.7 Å². The van der Waals surface area contributed by atoms with Gasteiger partial charge in [0, 0.05) is 5.69 Å².